The molecule has 0 aromatic carbocycles. The van der Waals surface area contributed by atoms with Gasteiger partial charge in [0.05, 0.1) is 0 Å². The van der Waals surface area contributed by atoms with Crippen LogP contribution in [0.4, 0.5) is 0 Å². The van der Waals surface area contributed by atoms with Crippen LogP contribution in [0.15, 0.2) is 0 Å². The molecule has 0 aromatic rings. The maximum atomic E-state index is 13.0. The summed E-state index contributed by atoms with van der Waals surface area (Å²) in [5.41, 5.74) is -0.0119. The fraction of sp³-hybridized carbons (Fsp3) is 0.944. The smallest absolute Gasteiger partial charge is 0.228 e. The van der Waals surface area contributed by atoms with Gasteiger partial charge in [-0.3, -0.25) is 4.79 Å². The number of rotatable bonds is 6. The second kappa shape index (κ2) is 7.62. The zero-order chi connectivity index (χ0) is 15.3. The van der Waals surface area contributed by atoms with Crippen LogP contribution in [-0.2, 0) is 4.79 Å². The van der Waals surface area contributed by atoms with Gasteiger partial charge in [0.1, 0.15) is 0 Å². The Bertz CT molecular complexity index is 336. The first kappa shape index (κ1) is 16.8. The molecule has 3 heteroatoms. The summed E-state index contributed by atoms with van der Waals surface area (Å²) in [6.45, 7) is 9.73. The Balaban J connectivity index is 1.97. The van der Waals surface area contributed by atoms with Crippen molar-refractivity contribution in [1.82, 2.24) is 10.2 Å². The van der Waals surface area contributed by atoms with Gasteiger partial charge < -0.3 is 10.2 Å². The van der Waals surface area contributed by atoms with E-state index in [-0.39, 0.29) is 5.41 Å². The Morgan fingerprint density at radius 3 is 2.52 bits per heavy atom. The van der Waals surface area contributed by atoms with Crippen molar-refractivity contribution in [2.24, 2.45) is 11.3 Å². The standard InChI is InChI=1S/C18H34N2O/c1-4-12-19-16-9-13-20(14-15(16)5-2)17(21)18(6-3)10-7-8-11-18/h15-16,19H,4-14H2,1-3H3. The third-order valence-corrected chi connectivity index (χ3v) is 5.89. The lowest BCUT2D eigenvalue weighted by Crippen LogP contribution is -2.54. The van der Waals surface area contributed by atoms with Crippen LogP contribution in [0.1, 0.15) is 72.1 Å². The topological polar surface area (TPSA) is 32.3 Å². The lowest BCUT2D eigenvalue weighted by molar-refractivity contribution is -0.144. The Morgan fingerprint density at radius 1 is 1.24 bits per heavy atom. The minimum Gasteiger partial charge on any atom is -0.342 e. The molecule has 2 fully saturated rings. The Hall–Kier alpha value is -0.570. The Kier molecular flexibility index (Phi) is 6.09. The van der Waals surface area contributed by atoms with Gasteiger partial charge in [-0.05, 0) is 44.6 Å². The molecule has 1 heterocycles. The van der Waals surface area contributed by atoms with E-state index < -0.39 is 0 Å². The summed E-state index contributed by atoms with van der Waals surface area (Å²) < 4.78 is 0. The molecule has 0 aromatic heterocycles. The SMILES string of the molecule is CCCNC1CCN(C(=O)C2(CC)CCCC2)CC1CC. The first-order valence-electron chi connectivity index (χ1n) is 9.19. The minimum absolute atomic E-state index is 0.0119. The van der Waals surface area contributed by atoms with Crippen LogP contribution in [0.2, 0.25) is 0 Å². The molecule has 21 heavy (non-hydrogen) atoms. The zero-order valence-corrected chi connectivity index (χ0v) is 14.3. The van der Waals surface area contributed by atoms with Crippen LogP contribution < -0.4 is 5.32 Å². The van der Waals surface area contributed by atoms with Gasteiger partial charge >= 0.3 is 0 Å². The Labute approximate surface area is 130 Å². The number of carbonyl (C=O) groups excluding carboxylic acids is 1. The number of amides is 1. The minimum atomic E-state index is -0.0119. The lowest BCUT2D eigenvalue weighted by atomic mass is 9.80. The predicted octanol–water partition coefficient (Wildman–Crippen LogP) is 3.58. The van der Waals surface area contributed by atoms with E-state index in [0.29, 0.717) is 17.9 Å². The van der Waals surface area contributed by atoms with Gasteiger partial charge in [-0.1, -0.05) is 40.0 Å². The van der Waals surface area contributed by atoms with Crippen molar-refractivity contribution in [3.8, 4) is 0 Å². The predicted molar refractivity (Wildman–Crippen MR) is 88.3 cm³/mol. The molecule has 1 aliphatic carbocycles. The van der Waals surface area contributed by atoms with Gasteiger partial charge in [0.2, 0.25) is 5.91 Å². The van der Waals surface area contributed by atoms with Crippen LogP contribution in [0.3, 0.4) is 0 Å². The lowest BCUT2D eigenvalue weighted by Gasteiger charge is -2.42. The van der Waals surface area contributed by atoms with Crippen molar-refractivity contribution in [1.29, 1.82) is 0 Å². The number of piperidine rings is 1. The molecule has 0 bridgehead atoms. The molecule has 2 aliphatic rings. The zero-order valence-electron chi connectivity index (χ0n) is 14.3. The summed E-state index contributed by atoms with van der Waals surface area (Å²) in [7, 11) is 0. The molecule has 0 spiro atoms. The third kappa shape index (κ3) is 3.61. The highest BCUT2D eigenvalue weighted by atomic mass is 16.2. The van der Waals surface area contributed by atoms with Gasteiger partial charge in [0, 0.05) is 24.5 Å². The molecule has 1 amide bonds. The number of carbonyl (C=O) groups is 1. The maximum absolute atomic E-state index is 13.0. The highest BCUT2D eigenvalue weighted by Crippen LogP contribution is 2.43. The van der Waals surface area contributed by atoms with E-state index in [1.807, 2.05) is 0 Å². The van der Waals surface area contributed by atoms with E-state index in [0.717, 1.165) is 45.3 Å². The number of nitrogens with zero attached hydrogens (tertiary/aromatic N) is 1. The third-order valence-electron chi connectivity index (χ3n) is 5.89. The molecule has 1 N–H and O–H groups in total. The average Bonchev–Trinajstić information content (AvgIpc) is 3.02. The summed E-state index contributed by atoms with van der Waals surface area (Å²) in [4.78, 5) is 15.2. The van der Waals surface area contributed by atoms with E-state index in [1.165, 1.54) is 25.7 Å². The first-order chi connectivity index (χ1) is 10.2. The number of hydrogen-bond donors (Lipinski definition) is 1. The normalized spacial score (nSPS) is 28.8. The van der Waals surface area contributed by atoms with Crippen molar-refractivity contribution in [2.75, 3.05) is 19.6 Å². The molecule has 122 valence electrons. The van der Waals surface area contributed by atoms with E-state index in [9.17, 15) is 4.79 Å². The summed E-state index contributed by atoms with van der Waals surface area (Å²) >= 11 is 0. The van der Waals surface area contributed by atoms with E-state index in [1.54, 1.807) is 0 Å². The first-order valence-corrected chi connectivity index (χ1v) is 9.19. The summed E-state index contributed by atoms with van der Waals surface area (Å²) in [6.07, 6.45) is 9.23. The van der Waals surface area contributed by atoms with Gasteiger partial charge in [0.15, 0.2) is 0 Å². The van der Waals surface area contributed by atoms with Crippen molar-refractivity contribution >= 4 is 5.91 Å². The second-order valence-electron chi connectivity index (χ2n) is 7.11. The van der Waals surface area contributed by atoms with Crippen LogP contribution in [0.25, 0.3) is 0 Å². The molecule has 1 saturated carbocycles. The summed E-state index contributed by atoms with van der Waals surface area (Å²) in [5.74, 6) is 1.10. The van der Waals surface area contributed by atoms with Crippen LogP contribution in [-0.4, -0.2) is 36.5 Å². The molecule has 1 aliphatic heterocycles. The fourth-order valence-corrected chi connectivity index (χ4v) is 4.33. The number of hydrogen-bond acceptors (Lipinski definition) is 2. The Morgan fingerprint density at radius 2 is 1.95 bits per heavy atom. The molecule has 1 saturated heterocycles. The van der Waals surface area contributed by atoms with E-state index in [2.05, 4.69) is 31.0 Å². The fourth-order valence-electron chi connectivity index (χ4n) is 4.33. The monoisotopic (exact) mass is 294 g/mol. The number of nitrogens with one attached hydrogen (secondary N) is 1. The van der Waals surface area contributed by atoms with E-state index in [4.69, 9.17) is 0 Å². The largest absolute Gasteiger partial charge is 0.342 e. The molecule has 0 radical (unpaired) electrons. The average molecular weight is 294 g/mol. The molecule has 2 atom stereocenters. The van der Waals surface area contributed by atoms with Crippen LogP contribution in [0.5, 0.6) is 0 Å². The van der Waals surface area contributed by atoms with Crippen LogP contribution >= 0.6 is 0 Å². The highest BCUT2D eigenvalue weighted by Gasteiger charge is 2.43. The van der Waals surface area contributed by atoms with Crippen molar-refractivity contribution in [2.45, 2.75) is 78.2 Å². The van der Waals surface area contributed by atoms with E-state index >= 15 is 0 Å². The highest BCUT2D eigenvalue weighted by molar-refractivity contribution is 5.83. The molecular weight excluding hydrogens is 260 g/mol. The molecule has 3 nitrogen and oxygen atoms in total. The quantitative estimate of drug-likeness (QED) is 0.812. The molecule has 2 rings (SSSR count). The van der Waals surface area contributed by atoms with Crippen molar-refractivity contribution < 1.29 is 4.79 Å². The van der Waals surface area contributed by atoms with Crippen LogP contribution in [0, 0.1) is 11.3 Å². The van der Waals surface area contributed by atoms with Crippen molar-refractivity contribution in [3.63, 3.8) is 0 Å². The van der Waals surface area contributed by atoms with Gasteiger partial charge in [-0.2, -0.15) is 0 Å². The number of likely N-dealkylation sites (tertiary alicyclic amines) is 1. The molecular formula is C18H34N2O. The van der Waals surface area contributed by atoms with Gasteiger partial charge in [-0.25, -0.2) is 0 Å². The van der Waals surface area contributed by atoms with Gasteiger partial charge in [-0.15, -0.1) is 0 Å². The summed E-state index contributed by atoms with van der Waals surface area (Å²) in [5, 5.41) is 3.69. The second-order valence-corrected chi connectivity index (χ2v) is 7.11. The van der Waals surface area contributed by atoms with Gasteiger partial charge in [0.25, 0.3) is 0 Å². The van der Waals surface area contributed by atoms with Crippen molar-refractivity contribution in [3.05, 3.63) is 0 Å². The summed E-state index contributed by atoms with van der Waals surface area (Å²) in [6, 6.07) is 0.611. The molecule has 2 unspecified atom stereocenters. The maximum Gasteiger partial charge on any atom is 0.228 e.